The van der Waals surface area contributed by atoms with Crippen LogP contribution in [0, 0.1) is 0 Å². The summed E-state index contributed by atoms with van der Waals surface area (Å²) in [5.41, 5.74) is 0.689. The topological polar surface area (TPSA) is 93.7 Å². The fourth-order valence-corrected chi connectivity index (χ4v) is 3.87. The molecule has 3 aromatic rings. The molecule has 3 aromatic carbocycles. The highest BCUT2D eigenvalue weighted by atomic mass is 32.2. The Hall–Kier alpha value is -3.52. The number of amides is 1. The van der Waals surface area contributed by atoms with Crippen molar-refractivity contribution in [2.45, 2.75) is 17.9 Å². The Balaban J connectivity index is 1.61. The number of benzene rings is 3. The van der Waals surface area contributed by atoms with Crippen molar-refractivity contribution in [2.75, 3.05) is 18.4 Å². The molecule has 31 heavy (non-hydrogen) atoms. The van der Waals surface area contributed by atoms with Gasteiger partial charge in [-0.2, -0.15) is 0 Å². The Morgan fingerprint density at radius 1 is 0.935 bits per heavy atom. The Kier molecular flexibility index (Phi) is 7.15. The van der Waals surface area contributed by atoms with Crippen molar-refractivity contribution in [3.05, 3.63) is 84.4 Å². The lowest BCUT2D eigenvalue weighted by atomic mass is 10.2. The summed E-state index contributed by atoms with van der Waals surface area (Å²) >= 11 is 0. The maximum Gasteiger partial charge on any atom is 0.261 e. The van der Waals surface area contributed by atoms with Crippen molar-refractivity contribution >= 4 is 21.6 Å². The lowest BCUT2D eigenvalue weighted by Crippen LogP contribution is -2.36. The minimum atomic E-state index is -3.81. The Labute approximate surface area is 182 Å². The van der Waals surface area contributed by atoms with Crippen LogP contribution in [0.4, 0.5) is 5.69 Å². The summed E-state index contributed by atoms with van der Waals surface area (Å²) in [5.74, 6) is 0.995. The van der Waals surface area contributed by atoms with E-state index in [4.69, 9.17) is 9.47 Å². The number of ether oxygens (including phenoxy) is 2. The van der Waals surface area contributed by atoms with E-state index in [9.17, 15) is 13.2 Å². The normalized spacial score (nSPS) is 11.9. The monoisotopic (exact) mass is 440 g/mol. The Morgan fingerprint density at radius 2 is 1.61 bits per heavy atom. The van der Waals surface area contributed by atoms with Crippen LogP contribution in [0.25, 0.3) is 0 Å². The molecule has 162 valence electrons. The Morgan fingerprint density at radius 3 is 2.29 bits per heavy atom. The van der Waals surface area contributed by atoms with Crippen LogP contribution in [0.1, 0.15) is 17.3 Å². The minimum absolute atomic E-state index is 0.00568. The number of sulfonamides is 1. The quantitative estimate of drug-likeness (QED) is 0.529. The molecular weight excluding hydrogens is 416 g/mol. The molecule has 1 atom stereocenters. The van der Waals surface area contributed by atoms with Crippen molar-refractivity contribution in [1.82, 2.24) is 5.32 Å². The van der Waals surface area contributed by atoms with Gasteiger partial charge in [0.05, 0.1) is 18.0 Å². The zero-order valence-corrected chi connectivity index (χ0v) is 18.1. The second kappa shape index (κ2) is 9.99. The van der Waals surface area contributed by atoms with Gasteiger partial charge in [-0.05, 0) is 61.5 Å². The summed E-state index contributed by atoms with van der Waals surface area (Å²) in [6.45, 7) is 2.06. The second-order valence-corrected chi connectivity index (χ2v) is 8.54. The number of methoxy groups -OCH3 is 1. The van der Waals surface area contributed by atoms with Crippen molar-refractivity contribution in [3.63, 3.8) is 0 Å². The molecule has 0 aliphatic rings. The maximum absolute atomic E-state index is 12.6. The fourth-order valence-electron chi connectivity index (χ4n) is 2.77. The van der Waals surface area contributed by atoms with Gasteiger partial charge in [0.1, 0.15) is 18.1 Å². The van der Waals surface area contributed by atoms with Crippen molar-refractivity contribution in [2.24, 2.45) is 0 Å². The van der Waals surface area contributed by atoms with Gasteiger partial charge >= 0.3 is 0 Å². The molecule has 0 fully saturated rings. The molecular formula is C23H24N2O5S. The standard InChI is InChI=1S/C23H24N2O5S/c1-17(16-30-21-13-11-20(29-2)12-14-21)24-23(26)18-7-6-10-22(15-18)31(27,28)25-19-8-4-3-5-9-19/h3-15,17,25H,16H2,1-2H3,(H,24,26). The van der Waals surface area contributed by atoms with Gasteiger partial charge in [-0.15, -0.1) is 0 Å². The van der Waals surface area contributed by atoms with Crippen molar-refractivity contribution in [1.29, 1.82) is 0 Å². The number of carbonyl (C=O) groups is 1. The van der Waals surface area contributed by atoms with E-state index in [1.807, 2.05) is 0 Å². The number of anilines is 1. The van der Waals surface area contributed by atoms with Crippen molar-refractivity contribution in [3.8, 4) is 11.5 Å². The third kappa shape index (κ3) is 6.23. The van der Waals surface area contributed by atoms with E-state index in [1.165, 1.54) is 18.2 Å². The van der Waals surface area contributed by atoms with Gasteiger partial charge in [-0.25, -0.2) is 8.42 Å². The number of hydrogen-bond donors (Lipinski definition) is 2. The van der Waals surface area contributed by atoms with E-state index in [2.05, 4.69) is 10.0 Å². The smallest absolute Gasteiger partial charge is 0.261 e. The molecule has 0 aromatic heterocycles. The fraction of sp³-hybridized carbons (Fsp3) is 0.174. The lowest BCUT2D eigenvalue weighted by molar-refractivity contribution is 0.0926. The molecule has 2 N–H and O–H groups in total. The number of para-hydroxylation sites is 1. The van der Waals surface area contributed by atoms with Gasteiger partial charge in [0, 0.05) is 11.3 Å². The van der Waals surface area contributed by atoms with E-state index in [-0.39, 0.29) is 29.0 Å². The van der Waals surface area contributed by atoms with Crippen LogP contribution in [-0.4, -0.2) is 34.1 Å². The zero-order chi connectivity index (χ0) is 22.3. The number of nitrogens with one attached hydrogen (secondary N) is 2. The lowest BCUT2D eigenvalue weighted by Gasteiger charge is -2.16. The molecule has 0 saturated heterocycles. The average Bonchev–Trinajstić information content (AvgIpc) is 2.78. The summed E-state index contributed by atoms with van der Waals surface area (Å²) in [7, 11) is -2.23. The average molecular weight is 441 g/mol. The van der Waals surface area contributed by atoms with Crippen LogP contribution in [0.15, 0.2) is 83.8 Å². The first-order chi connectivity index (χ1) is 14.9. The van der Waals surface area contributed by atoms with Gasteiger partial charge in [0.15, 0.2) is 0 Å². The van der Waals surface area contributed by atoms with E-state index in [0.29, 0.717) is 11.4 Å². The first-order valence-corrected chi connectivity index (χ1v) is 11.1. The van der Waals surface area contributed by atoms with Gasteiger partial charge in [-0.1, -0.05) is 24.3 Å². The molecule has 0 aliphatic heterocycles. The molecule has 1 amide bonds. The third-order valence-electron chi connectivity index (χ3n) is 4.37. The summed E-state index contributed by atoms with van der Waals surface area (Å²) in [6, 6.07) is 21.3. The van der Waals surface area contributed by atoms with Crippen LogP contribution < -0.4 is 19.5 Å². The zero-order valence-electron chi connectivity index (χ0n) is 17.2. The highest BCUT2D eigenvalue weighted by Gasteiger charge is 2.17. The van der Waals surface area contributed by atoms with E-state index >= 15 is 0 Å². The van der Waals surface area contributed by atoms with Gasteiger partial charge in [-0.3, -0.25) is 9.52 Å². The van der Waals surface area contributed by atoms with Crippen LogP contribution in [0.2, 0.25) is 0 Å². The van der Waals surface area contributed by atoms with Crippen LogP contribution in [0.3, 0.4) is 0 Å². The number of hydrogen-bond acceptors (Lipinski definition) is 5. The highest BCUT2D eigenvalue weighted by molar-refractivity contribution is 7.92. The van der Waals surface area contributed by atoms with Crippen LogP contribution in [0.5, 0.6) is 11.5 Å². The summed E-state index contributed by atoms with van der Waals surface area (Å²) < 4.78 is 38.5. The van der Waals surface area contributed by atoms with Crippen molar-refractivity contribution < 1.29 is 22.7 Å². The summed E-state index contributed by atoms with van der Waals surface area (Å²) in [4.78, 5) is 12.6. The molecule has 8 heteroatoms. The Bertz CT molecular complexity index is 1120. The maximum atomic E-state index is 12.6. The number of rotatable bonds is 9. The predicted octanol–water partition coefficient (Wildman–Crippen LogP) is 3.69. The minimum Gasteiger partial charge on any atom is -0.497 e. The predicted molar refractivity (Wildman–Crippen MR) is 119 cm³/mol. The molecule has 0 spiro atoms. The molecule has 0 aliphatic carbocycles. The molecule has 1 unspecified atom stereocenters. The highest BCUT2D eigenvalue weighted by Crippen LogP contribution is 2.18. The second-order valence-electron chi connectivity index (χ2n) is 6.86. The largest absolute Gasteiger partial charge is 0.497 e. The molecule has 7 nitrogen and oxygen atoms in total. The number of carbonyl (C=O) groups excluding carboxylic acids is 1. The molecule has 3 rings (SSSR count). The molecule has 0 saturated carbocycles. The van der Waals surface area contributed by atoms with Gasteiger partial charge in [0.25, 0.3) is 15.9 Å². The molecule has 0 heterocycles. The SMILES string of the molecule is COc1ccc(OCC(C)NC(=O)c2cccc(S(=O)(=O)Nc3ccccc3)c2)cc1. The summed E-state index contributed by atoms with van der Waals surface area (Å²) in [6.07, 6.45) is 0. The van der Waals surface area contributed by atoms with E-state index in [0.717, 1.165) is 5.75 Å². The first kappa shape index (κ1) is 22.2. The van der Waals surface area contributed by atoms with Gasteiger partial charge in [0.2, 0.25) is 0 Å². The molecule has 0 radical (unpaired) electrons. The van der Waals surface area contributed by atoms with E-state index < -0.39 is 10.0 Å². The van der Waals surface area contributed by atoms with Crippen LogP contribution >= 0.6 is 0 Å². The van der Waals surface area contributed by atoms with E-state index in [1.54, 1.807) is 74.7 Å². The molecule has 0 bridgehead atoms. The third-order valence-corrected chi connectivity index (χ3v) is 5.75. The first-order valence-electron chi connectivity index (χ1n) is 9.63. The van der Waals surface area contributed by atoms with Crippen LogP contribution in [-0.2, 0) is 10.0 Å². The van der Waals surface area contributed by atoms with Gasteiger partial charge < -0.3 is 14.8 Å². The summed E-state index contributed by atoms with van der Waals surface area (Å²) in [5, 5.41) is 2.81.